The van der Waals surface area contributed by atoms with Gasteiger partial charge in [-0.3, -0.25) is 4.79 Å². The highest BCUT2D eigenvalue weighted by Gasteiger charge is 2.13. The number of para-hydroxylation sites is 1. The van der Waals surface area contributed by atoms with Crippen LogP contribution in [0.4, 0.5) is 5.69 Å². The first-order valence-electron chi connectivity index (χ1n) is 8.28. The van der Waals surface area contributed by atoms with Crippen LogP contribution in [-0.4, -0.2) is 23.7 Å². The maximum absolute atomic E-state index is 12.4. The molecule has 2 rings (SSSR count). The number of anilines is 1. The molecule has 0 fully saturated rings. The van der Waals surface area contributed by atoms with Crippen molar-refractivity contribution in [1.82, 2.24) is 5.32 Å². The molecular weight excluding hydrogens is 346 g/mol. The zero-order chi connectivity index (χ0) is 18.8. The van der Waals surface area contributed by atoms with Crippen LogP contribution in [0.25, 0.3) is 0 Å². The van der Waals surface area contributed by atoms with E-state index in [1.807, 2.05) is 61.5 Å². The summed E-state index contributed by atoms with van der Waals surface area (Å²) in [6.45, 7) is 1.84. The first kappa shape index (κ1) is 19.6. The second-order valence-corrected chi connectivity index (χ2v) is 6.60. The summed E-state index contributed by atoms with van der Waals surface area (Å²) in [7, 11) is 0. The lowest BCUT2D eigenvalue weighted by Gasteiger charge is -2.13. The van der Waals surface area contributed by atoms with Crippen LogP contribution in [0, 0.1) is 11.3 Å². The quantitative estimate of drug-likeness (QED) is 0.491. The molecule has 0 saturated heterocycles. The van der Waals surface area contributed by atoms with Crippen LogP contribution in [0.5, 0.6) is 0 Å². The third kappa shape index (κ3) is 5.66. The molecule has 134 valence electrons. The van der Waals surface area contributed by atoms with Crippen LogP contribution in [0.3, 0.4) is 0 Å². The van der Waals surface area contributed by atoms with Gasteiger partial charge in [0.15, 0.2) is 0 Å². The molecule has 2 aromatic rings. The number of aliphatic hydroxyl groups is 1. The highest BCUT2D eigenvalue weighted by Crippen LogP contribution is 2.33. The number of hydrogen-bond acceptors (Lipinski definition) is 5. The minimum Gasteiger partial charge on any atom is -0.394 e. The molecule has 5 nitrogen and oxygen atoms in total. The van der Waals surface area contributed by atoms with Crippen LogP contribution in [-0.2, 0) is 4.79 Å². The van der Waals surface area contributed by atoms with E-state index in [0.29, 0.717) is 12.1 Å². The summed E-state index contributed by atoms with van der Waals surface area (Å²) in [6.07, 6.45) is 2.04. The van der Waals surface area contributed by atoms with Crippen molar-refractivity contribution in [3.63, 3.8) is 0 Å². The molecule has 0 aliphatic carbocycles. The van der Waals surface area contributed by atoms with Crippen molar-refractivity contribution in [1.29, 1.82) is 5.26 Å². The number of amides is 1. The summed E-state index contributed by atoms with van der Waals surface area (Å²) in [6, 6.07) is 19.0. The lowest BCUT2D eigenvalue weighted by Crippen LogP contribution is -2.28. The Labute approximate surface area is 157 Å². The summed E-state index contributed by atoms with van der Waals surface area (Å²) in [5.74, 6) is -0.492. The molecule has 26 heavy (non-hydrogen) atoms. The molecule has 0 radical (unpaired) electrons. The molecule has 3 N–H and O–H groups in total. The highest BCUT2D eigenvalue weighted by atomic mass is 32.2. The van der Waals surface area contributed by atoms with E-state index in [0.717, 1.165) is 9.79 Å². The number of hydrogen-bond donors (Lipinski definition) is 3. The van der Waals surface area contributed by atoms with E-state index in [9.17, 15) is 15.2 Å². The molecule has 1 amide bonds. The van der Waals surface area contributed by atoms with E-state index < -0.39 is 5.91 Å². The Morgan fingerprint density at radius 2 is 1.92 bits per heavy atom. The van der Waals surface area contributed by atoms with Crippen molar-refractivity contribution in [2.45, 2.75) is 29.2 Å². The normalized spacial score (nSPS) is 12.1. The zero-order valence-corrected chi connectivity index (χ0v) is 15.3. The Kier molecular flexibility index (Phi) is 7.75. The zero-order valence-electron chi connectivity index (χ0n) is 14.5. The molecule has 0 saturated carbocycles. The van der Waals surface area contributed by atoms with Crippen molar-refractivity contribution in [3.05, 3.63) is 66.4 Å². The third-order valence-electron chi connectivity index (χ3n) is 3.65. The van der Waals surface area contributed by atoms with Gasteiger partial charge in [-0.25, -0.2) is 0 Å². The van der Waals surface area contributed by atoms with E-state index in [1.54, 1.807) is 6.07 Å². The van der Waals surface area contributed by atoms with Gasteiger partial charge in [0.05, 0.1) is 12.3 Å². The molecule has 0 aliphatic heterocycles. The van der Waals surface area contributed by atoms with Crippen LogP contribution >= 0.6 is 11.8 Å². The van der Waals surface area contributed by atoms with Crippen LogP contribution in [0.1, 0.15) is 13.3 Å². The molecule has 0 spiro atoms. The number of rotatable bonds is 8. The average molecular weight is 367 g/mol. The third-order valence-corrected chi connectivity index (χ3v) is 4.73. The minimum atomic E-state index is -0.492. The van der Waals surface area contributed by atoms with Gasteiger partial charge in [-0.05, 0) is 30.7 Å². The highest BCUT2D eigenvalue weighted by molar-refractivity contribution is 7.99. The molecule has 1 unspecified atom stereocenters. The van der Waals surface area contributed by atoms with Crippen molar-refractivity contribution >= 4 is 23.4 Å². The number of benzene rings is 2. The van der Waals surface area contributed by atoms with Crippen LogP contribution < -0.4 is 10.6 Å². The van der Waals surface area contributed by atoms with Gasteiger partial charge < -0.3 is 15.7 Å². The first-order chi connectivity index (χ1) is 12.7. The molecule has 1 atom stereocenters. The fourth-order valence-electron chi connectivity index (χ4n) is 2.11. The Bertz CT molecular complexity index is 796. The summed E-state index contributed by atoms with van der Waals surface area (Å²) in [4.78, 5) is 14.4. The lowest BCUT2D eigenvalue weighted by atomic mass is 10.2. The summed E-state index contributed by atoms with van der Waals surface area (Å²) in [5, 5.41) is 24.1. The first-order valence-corrected chi connectivity index (χ1v) is 9.10. The van der Waals surface area contributed by atoms with Crippen molar-refractivity contribution in [2.75, 3.05) is 11.9 Å². The van der Waals surface area contributed by atoms with Gasteiger partial charge in [0.25, 0.3) is 5.91 Å². The summed E-state index contributed by atoms with van der Waals surface area (Å²) < 4.78 is 0. The van der Waals surface area contributed by atoms with Gasteiger partial charge in [0.2, 0.25) is 0 Å². The number of nitrogens with one attached hydrogen (secondary N) is 2. The summed E-state index contributed by atoms with van der Waals surface area (Å²) >= 11 is 1.54. The fourth-order valence-corrected chi connectivity index (χ4v) is 3.04. The standard InChI is InChI=1S/C20H21N3O2S/c1-2-16(14-24)22-13-15(12-21)20(25)23-18-10-6-7-11-19(18)26-17-8-4-3-5-9-17/h3-11,13,16,22,24H,2,14H2,1H3,(H,23,25)/b15-13-. The minimum absolute atomic E-state index is 0.0450. The maximum atomic E-state index is 12.4. The molecule has 0 aliphatic rings. The molecule has 2 aromatic carbocycles. The van der Waals surface area contributed by atoms with Crippen molar-refractivity contribution in [2.24, 2.45) is 0 Å². The maximum Gasteiger partial charge on any atom is 0.267 e. The van der Waals surface area contributed by atoms with Gasteiger partial charge in [-0.15, -0.1) is 0 Å². The van der Waals surface area contributed by atoms with Crippen molar-refractivity contribution in [3.8, 4) is 6.07 Å². The number of nitrogens with zero attached hydrogens (tertiary/aromatic N) is 1. The predicted molar refractivity (Wildman–Crippen MR) is 104 cm³/mol. The summed E-state index contributed by atoms with van der Waals surface area (Å²) in [5.41, 5.74) is 0.595. The van der Waals surface area contributed by atoms with Crippen LogP contribution in [0.2, 0.25) is 0 Å². The number of nitriles is 1. The smallest absolute Gasteiger partial charge is 0.267 e. The largest absolute Gasteiger partial charge is 0.394 e. The van der Waals surface area contributed by atoms with Crippen molar-refractivity contribution < 1.29 is 9.90 Å². The second-order valence-electron chi connectivity index (χ2n) is 5.49. The van der Waals surface area contributed by atoms with E-state index >= 15 is 0 Å². The number of aliphatic hydroxyl groups excluding tert-OH is 1. The molecule has 0 bridgehead atoms. The van der Waals surface area contributed by atoms with Gasteiger partial charge in [-0.1, -0.05) is 49.0 Å². The van der Waals surface area contributed by atoms with E-state index in [4.69, 9.17) is 0 Å². The average Bonchev–Trinajstić information content (AvgIpc) is 2.68. The van der Waals surface area contributed by atoms with Gasteiger partial charge in [0, 0.05) is 22.0 Å². The number of carbonyl (C=O) groups is 1. The Balaban J connectivity index is 2.13. The second kappa shape index (κ2) is 10.3. The molecular formula is C20H21N3O2S. The Morgan fingerprint density at radius 3 is 2.58 bits per heavy atom. The van der Waals surface area contributed by atoms with E-state index in [-0.39, 0.29) is 18.2 Å². The Hall–Kier alpha value is -2.75. The number of carbonyl (C=O) groups excluding carboxylic acids is 1. The fraction of sp³-hybridized carbons (Fsp3) is 0.200. The van der Waals surface area contributed by atoms with E-state index in [2.05, 4.69) is 10.6 Å². The Morgan fingerprint density at radius 1 is 1.23 bits per heavy atom. The predicted octanol–water partition coefficient (Wildman–Crippen LogP) is 3.54. The monoisotopic (exact) mass is 367 g/mol. The SMILES string of the molecule is CCC(CO)N/C=C(/C#N)C(=O)Nc1ccccc1Sc1ccccc1. The van der Waals surface area contributed by atoms with E-state index in [1.165, 1.54) is 18.0 Å². The lowest BCUT2D eigenvalue weighted by molar-refractivity contribution is -0.112. The molecule has 0 heterocycles. The topological polar surface area (TPSA) is 85.2 Å². The van der Waals surface area contributed by atoms with Gasteiger partial charge in [0.1, 0.15) is 11.6 Å². The molecule has 0 aromatic heterocycles. The van der Waals surface area contributed by atoms with Gasteiger partial charge >= 0.3 is 0 Å². The molecule has 6 heteroatoms. The van der Waals surface area contributed by atoms with Crippen LogP contribution in [0.15, 0.2) is 76.2 Å². The van der Waals surface area contributed by atoms with Gasteiger partial charge in [-0.2, -0.15) is 5.26 Å².